The zero-order chi connectivity index (χ0) is 16.8. The summed E-state index contributed by atoms with van der Waals surface area (Å²) in [5.74, 6) is -0.0662. The number of amides is 3. The smallest absolute Gasteiger partial charge is 0.317 e. The quantitative estimate of drug-likeness (QED) is 0.836. The highest BCUT2D eigenvalue weighted by Gasteiger charge is 2.19. The van der Waals surface area contributed by atoms with Crippen LogP contribution >= 0.6 is 0 Å². The number of hydrogen-bond donors (Lipinski definition) is 2. The number of rotatable bonds is 4. The van der Waals surface area contributed by atoms with E-state index in [1.54, 1.807) is 24.0 Å². The van der Waals surface area contributed by atoms with Crippen molar-refractivity contribution in [2.24, 2.45) is 5.92 Å². The maximum atomic E-state index is 13.4. The zero-order valence-electron chi connectivity index (χ0n) is 13.7. The molecule has 0 unspecified atom stereocenters. The number of nitrogens with one attached hydrogen (secondary N) is 2. The monoisotopic (exact) mass is 321 g/mol. The predicted molar refractivity (Wildman–Crippen MR) is 86.8 cm³/mol. The molecule has 6 heteroatoms. The van der Waals surface area contributed by atoms with Crippen LogP contribution in [0.3, 0.4) is 0 Å². The lowest BCUT2D eigenvalue weighted by Gasteiger charge is -2.30. The highest BCUT2D eigenvalue weighted by atomic mass is 19.1. The molecule has 126 valence electrons. The van der Waals surface area contributed by atoms with Gasteiger partial charge in [-0.15, -0.1) is 0 Å². The van der Waals surface area contributed by atoms with Crippen molar-refractivity contribution >= 4 is 11.9 Å². The lowest BCUT2D eigenvalue weighted by Crippen LogP contribution is -2.46. The molecule has 1 aromatic rings. The second-order valence-electron chi connectivity index (χ2n) is 6.12. The van der Waals surface area contributed by atoms with Crippen LogP contribution in [0, 0.1) is 18.7 Å². The van der Waals surface area contributed by atoms with E-state index < -0.39 is 5.82 Å². The lowest BCUT2D eigenvalue weighted by molar-refractivity contribution is 0.0952. The summed E-state index contributed by atoms with van der Waals surface area (Å²) in [7, 11) is 0. The molecule has 1 heterocycles. The van der Waals surface area contributed by atoms with Crippen LogP contribution in [0.1, 0.15) is 35.7 Å². The molecule has 1 aliphatic rings. The largest absolute Gasteiger partial charge is 0.350 e. The van der Waals surface area contributed by atoms with Crippen LogP contribution in [0.4, 0.5) is 9.18 Å². The van der Waals surface area contributed by atoms with Gasteiger partial charge >= 0.3 is 6.03 Å². The Morgan fingerprint density at radius 2 is 1.87 bits per heavy atom. The summed E-state index contributed by atoms with van der Waals surface area (Å²) < 4.78 is 13.4. The minimum atomic E-state index is -0.398. The van der Waals surface area contributed by atoms with E-state index in [0.29, 0.717) is 24.6 Å². The Labute approximate surface area is 136 Å². The lowest BCUT2D eigenvalue weighted by atomic mass is 10.00. The number of piperidine rings is 1. The second-order valence-corrected chi connectivity index (χ2v) is 6.12. The van der Waals surface area contributed by atoms with Crippen molar-refractivity contribution < 1.29 is 14.0 Å². The Hall–Kier alpha value is -2.11. The van der Waals surface area contributed by atoms with Crippen molar-refractivity contribution in [3.63, 3.8) is 0 Å². The summed E-state index contributed by atoms with van der Waals surface area (Å²) in [6.45, 7) is 6.06. The Balaban J connectivity index is 1.69. The van der Waals surface area contributed by atoms with Gasteiger partial charge < -0.3 is 15.5 Å². The van der Waals surface area contributed by atoms with Crippen LogP contribution in [0.25, 0.3) is 0 Å². The second kappa shape index (κ2) is 7.94. The first kappa shape index (κ1) is 17.2. The summed E-state index contributed by atoms with van der Waals surface area (Å²) in [6.07, 6.45) is 2.06. The Bertz CT molecular complexity index is 569. The van der Waals surface area contributed by atoms with Crippen LogP contribution in [0.5, 0.6) is 0 Å². The number of carbonyl (C=O) groups excluding carboxylic acids is 2. The van der Waals surface area contributed by atoms with E-state index >= 15 is 0 Å². The Morgan fingerprint density at radius 3 is 2.52 bits per heavy atom. The van der Waals surface area contributed by atoms with Crippen molar-refractivity contribution in [3.8, 4) is 0 Å². The number of hydrogen-bond acceptors (Lipinski definition) is 2. The molecule has 2 N–H and O–H groups in total. The fraction of sp³-hybridized carbons (Fsp3) is 0.529. The highest BCUT2D eigenvalue weighted by molar-refractivity contribution is 5.94. The van der Waals surface area contributed by atoms with Crippen molar-refractivity contribution in [1.29, 1.82) is 0 Å². The standard InChI is InChI=1S/C17H24FN3O2/c1-12-5-9-21(10-6-12)17(23)20-8-7-19-16(22)14-4-3-13(2)15(18)11-14/h3-4,11-12H,5-10H2,1-2H3,(H,19,22)(H,20,23). The highest BCUT2D eigenvalue weighted by Crippen LogP contribution is 2.15. The molecule has 3 amide bonds. The van der Waals surface area contributed by atoms with Gasteiger partial charge in [-0.25, -0.2) is 9.18 Å². The first-order valence-electron chi connectivity index (χ1n) is 8.04. The van der Waals surface area contributed by atoms with E-state index in [2.05, 4.69) is 17.6 Å². The fourth-order valence-corrected chi connectivity index (χ4v) is 2.51. The maximum Gasteiger partial charge on any atom is 0.317 e. The third-order valence-electron chi connectivity index (χ3n) is 4.19. The van der Waals surface area contributed by atoms with E-state index in [4.69, 9.17) is 0 Å². The molecule has 1 aliphatic heterocycles. The topological polar surface area (TPSA) is 61.4 Å². The van der Waals surface area contributed by atoms with Crippen molar-refractivity contribution in [2.45, 2.75) is 26.7 Å². The third-order valence-corrected chi connectivity index (χ3v) is 4.19. The summed E-state index contributed by atoms with van der Waals surface area (Å²) in [5.41, 5.74) is 0.786. The molecule has 1 saturated heterocycles. The SMILES string of the molecule is Cc1ccc(C(=O)NCCNC(=O)N2CCC(C)CC2)cc1F. The van der Waals surface area contributed by atoms with Gasteiger partial charge in [-0.05, 0) is 43.4 Å². The number of carbonyl (C=O) groups is 2. The third kappa shape index (κ3) is 4.94. The first-order valence-corrected chi connectivity index (χ1v) is 8.04. The molecule has 0 radical (unpaired) electrons. The summed E-state index contributed by atoms with van der Waals surface area (Å²) in [4.78, 5) is 25.6. The van der Waals surface area contributed by atoms with Crippen LogP contribution in [-0.2, 0) is 0 Å². The van der Waals surface area contributed by atoms with Crippen LogP contribution in [-0.4, -0.2) is 43.0 Å². The minimum absolute atomic E-state index is 0.0903. The van der Waals surface area contributed by atoms with Gasteiger partial charge in [-0.1, -0.05) is 13.0 Å². The van der Waals surface area contributed by atoms with Crippen LogP contribution < -0.4 is 10.6 Å². The number of urea groups is 1. The van der Waals surface area contributed by atoms with Crippen LogP contribution in [0.15, 0.2) is 18.2 Å². The van der Waals surface area contributed by atoms with Gasteiger partial charge in [0.05, 0.1) is 0 Å². The van der Waals surface area contributed by atoms with E-state index in [9.17, 15) is 14.0 Å². The molecule has 23 heavy (non-hydrogen) atoms. The van der Waals surface area contributed by atoms with Crippen molar-refractivity contribution in [1.82, 2.24) is 15.5 Å². The molecular formula is C17H24FN3O2. The molecule has 0 spiro atoms. The molecule has 0 saturated carbocycles. The fourth-order valence-electron chi connectivity index (χ4n) is 2.51. The molecule has 1 fully saturated rings. The van der Waals surface area contributed by atoms with Gasteiger partial charge in [0.15, 0.2) is 0 Å². The number of benzene rings is 1. The van der Waals surface area contributed by atoms with E-state index in [0.717, 1.165) is 25.9 Å². The van der Waals surface area contributed by atoms with E-state index in [1.165, 1.54) is 6.07 Å². The van der Waals surface area contributed by atoms with Gasteiger partial charge in [0.1, 0.15) is 5.82 Å². The Morgan fingerprint density at radius 1 is 1.22 bits per heavy atom. The molecule has 1 aromatic carbocycles. The summed E-state index contributed by atoms with van der Waals surface area (Å²) >= 11 is 0. The first-order chi connectivity index (χ1) is 11.0. The maximum absolute atomic E-state index is 13.4. The van der Waals surface area contributed by atoms with Gasteiger partial charge in [0.25, 0.3) is 5.91 Å². The van der Waals surface area contributed by atoms with E-state index in [-0.39, 0.29) is 17.5 Å². The normalized spacial score (nSPS) is 15.3. The average Bonchev–Trinajstić information content (AvgIpc) is 2.54. The molecule has 5 nitrogen and oxygen atoms in total. The Kier molecular flexibility index (Phi) is 5.96. The molecule has 0 aliphatic carbocycles. The van der Waals surface area contributed by atoms with Gasteiger partial charge in [-0.2, -0.15) is 0 Å². The van der Waals surface area contributed by atoms with Gasteiger partial charge in [0, 0.05) is 31.7 Å². The molecular weight excluding hydrogens is 297 g/mol. The van der Waals surface area contributed by atoms with Crippen molar-refractivity contribution in [3.05, 3.63) is 35.1 Å². The zero-order valence-corrected chi connectivity index (χ0v) is 13.7. The number of nitrogens with zero attached hydrogens (tertiary/aromatic N) is 1. The van der Waals surface area contributed by atoms with Crippen molar-refractivity contribution in [2.75, 3.05) is 26.2 Å². The average molecular weight is 321 g/mol. The minimum Gasteiger partial charge on any atom is -0.350 e. The predicted octanol–water partition coefficient (Wildman–Crippen LogP) is 2.31. The summed E-state index contributed by atoms with van der Waals surface area (Å²) in [6, 6.07) is 4.29. The summed E-state index contributed by atoms with van der Waals surface area (Å²) in [5, 5.41) is 5.46. The number of aryl methyl sites for hydroxylation is 1. The molecule has 0 aromatic heterocycles. The van der Waals surface area contributed by atoms with E-state index in [1.807, 2.05) is 0 Å². The van der Waals surface area contributed by atoms with Crippen LogP contribution in [0.2, 0.25) is 0 Å². The van der Waals surface area contributed by atoms with Gasteiger partial charge in [-0.3, -0.25) is 4.79 Å². The molecule has 0 bridgehead atoms. The number of halogens is 1. The molecule has 0 atom stereocenters. The molecule has 2 rings (SSSR count). The van der Waals surface area contributed by atoms with Gasteiger partial charge in [0.2, 0.25) is 0 Å². The number of likely N-dealkylation sites (tertiary alicyclic amines) is 1.